The molecule has 1 aliphatic rings. The number of amides is 1. The molecule has 0 spiro atoms. The molecular formula is C13H16ClNO. The Morgan fingerprint density at radius 3 is 2.81 bits per heavy atom. The summed E-state index contributed by atoms with van der Waals surface area (Å²) in [4.78, 5) is 11.7. The Balaban J connectivity index is 1.97. The van der Waals surface area contributed by atoms with Gasteiger partial charge in [0.05, 0.1) is 6.04 Å². The lowest BCUT2D eigenvalue weighted by atomic mass is 10.1. The van der Waals surface area contributed by atoms with Crippen LogP contribution >= 0.6 is 11.6 Å². The van der Waals surface area contributed by atoms with Gasteiger partial charge in [-0.1, -0.05) is 30.7 Å². The summed E-state index contributed by atoms with van der Waals surface area (Å²) in [6.07, 6.45) is 1.02. The van der Waals surface area contributed by atoms with Crippen LogP contribution in [0.15, 0.2) is 24.3 Å². The van der Waals surface area contributed by atoms with E-state index in [0.29, 0.717) is 10.9 Å². The standard InChI is InChI=1S/C13H16ClNO/c1-8-6-12(8)13(16)15-9(2)10-4-3-5-11(14)7-10/h3-5,7-9,12H,6H2,1-2H3,(H,15,16). The Bertz CT molecular complexity index is 405. The summed E-state index contributed by atoms with van der Waals surface area (Å²) in [5.41, 5.74) is 1.05. The molecule has 1 aromatic rings. The van der Waals surface area contributed by atoms with Gasteiger partial charge in [-0.25, -0.2) is 0 Å². The van der Waals surface area contributed by atoms with Gasteiger partial charge in [0.15, 0.2) is 0 Å². The number of carbonyl (C=O) groups is 1. The minimum atomic E-state index is 0.0269. The van der Waals surface area contributed by atoms with Gasteiger partial charge >= 0.3 is 0 Å². The van der Waals surface area contributed by atoms with Crippen LogP contribution in [-0.2, 0) is 4.79 Å². The highest BCUT2D eigenvalue weighted by Crippen LogP contribution is 2.38. The molecule has 16 heavy (non-hydrogen) atoms. The Labute approximate surface area is 101 Å². The van der Waals surface area contributed by atoms with Gasteiger partial charge in [0.25, 0.3) is 0 Å². The fourth-order valence-electron chi connectivity index (χ4n) is 1.87. The van der Waals surface area contributed by atoms with E-state index in [1.54, 1.807) is 0 Å². The van der Waals surface area contributed by atoms with E-state index < -0.39 is 0 Å². The molecule has 2 nitrogen and oxygen atoms in total. The molecule has 0 saturated heterocycles. The van der Waals surface area contributed by atoms with Crippen LogP contribution in [0.2, 0.25) is 5.02 Å². The van der Waals surface area contributed by atoms with Crippen molar-refractivity contribution in [2.75, 3.05) is 0 Å². The van der Waals surface area contributed by atoms with Gasteiger partial charge < -0.3 is 5.32 Å². The molecule has 3 atom stereocenters. The number of nitrogens with one attached hydrogen (secondary N) is 1. The molecule has 1 aromatic carbocycles. The molecule has 1 amide bonds. The number of benzene rings is 1. The Morgan fingerprint density at radius 2 is 2.25 bits per heavy atom. The maximum absolute atomic E-state index is 11.7. The summed E-state index contributed by atoms with van der Waals surface area (Å²) in [6, 6.07) is 7.64. The second-order valence-electron chi connectivity index (χ2n) is 4.60. The monoisotopic (exact) mass is 237 g/mol. The lowest BCUT2D eigenvalue weighted by Crippen LogP contribution is -2.28. The zero-order chi connectivity index (χ0) is 11.7. The summed E-state index contributed by atoms with van der Waals surface area (Å²) in [6.45, 7) is 4.09. The van der Waals surface area contributed by atoms with Crippen molar-refractivity contribution in [2.45, 2.75) is 26.3 Å². The van der Waals surface area contributed by atoms with E-state index >= 15 is 0 Å². The van der Waals surface area contributed by atoms with E-state index in [4.69, 9.17) is 11.6 Å². The van der Waals surface area contributed by atoms with E-state index in [9.17, 15) is 4.79 Å². The third-order valence-electron chi connectivity index (χ3n) is 3.15. The molecule has 3 heteroatoms. The zero-order valence-corrected chi connectivity index (χ0v) is 10.3. The van der Waals surface area contributed by atoms with Gasteiger partial charge in [0.1, 0.15) is 0 Å². The molecule has 1 saturated carbocycles. The number of rotatable bonds is 3. The van der Waals surface area contributed by atoms with E-state index in [-0.39, 0.29) is 17.9 Å². The van der Waals surface area contributed by atoms with Gasteiger partial charge in [-0.05, 0) is 37.0 Å². The normalized spacial score (nSPS) is 24.9. The largest absolute Gasteiger partial charge is 0.349 e. The van der Waals surface area contributed by atoms with Crippen LogP contribution < -0.4 is 5.32 Å². The molecular weight excluding hydrogens is 222 g/mol. The number of halogens is 1. The van der Waals surface area contributed by atoms with Crippen molar-refractivity contribution in [3.63, 3.8) is 0 Å². The minimum Gasteiger partial charge on any atom is -0.349 e. The van der Waals surface area contributed by atoms with Crippen molar-refractivity contribution in [3.8, 4) is 0 Å². The summed E-state index contributed by atoms with van der Waals surface area (Å²) < 4.78 is 0. The lowest BCUT2D eigenvalue weighted by Gasteiger charge is -2.14. The highest BCUT2D eigenvalue weighted by atomic mass is 35.5. The van der Waals surface area contributed by atoms with Gasteiger partial charge in [-0.3, -0.25) is 4.79 Å². The number of hydrogen-bond donors (Lipinski definition) is 1. The van der Waals surface area contributed by atoms with Crippen molar-refractivity contribution in [3.05, 3.63) is 34.9 Å². The van der Waals surface area contributed by atoms with Crippen LogP contribution in [0, 0.1) is 11.8 Å². The maximum Gasteiger partial charge on any atom is 0.223 e. The average molecular weight is 238 g/mol. The average Bonchev–Trinajstić information content (AvgIpc) is 2.95. The Hall–Kier alpha value is -1.02. The van der Waals surface area contributed by atoms with Crippen molar-refractivity contribution in [1.82, 2.24) is 5.32 Å². The van der Waals surface area contributed by atoms with Crippen molar-refractivity contribution < 1.29 is 4.79 Å². The van der Waals surface area contributed by atoms with Gasteiger partial charge in [0.2, 0.25) is 5.91 Å². The number of carbonyl (C=O) groups excluding carboxylic acids is 1. The summed E-state index contributed by atoms with van der Waals surface area (Å²) in [5, 5.41) is 3.73. The first-order chi connectivity index (χ1) is 7.58. The highest BCUT2D eigenvalue weighted by molar-refractivity contribution is 6.30. The van der Waals surface area contributed by atoms with Crippen LogP contribution in [0.4, 0.5) is 0 Å². The fourth-order valence-corrected chi connectivity index (χ4v) is 2.07. The van der Waals surface area contributed by atoms with Gasteiger partial charge in [-0.2, -0.15) is 0 Å². The first kappa shape index (κ1) is 11.5. The van der Waals surface area contributed by atoms with Crippen LogP contribution in [0.25, 0.3) is 0 Å². The summed E-state index contributed by atoms with van der Waals surface area (Å²) >= 11 is 5.91. The van der Waals surface area contributed by atoms with Crippen LogP contribution in [0.3, 0.4) is 0 Å². The highest BCUT2D eigenvalue weighted by Gasteiger charge is 2.39. The summed E-state index contributed by atoms with van der Waals surface area (Å²) in [5.74, 6) is 0.938. The molecule has 2 rings (SSSR count). The van der Waals surface area contributed by atoms with Crippen molar-refractivity contribution in [1.29, 1.82) is 0 Å². The molecule has 0 aliphatic heterocycles. The number of hydrogen-bond acceptors (Lipinski definition) is 1. The van der Waals surface area contributed by atoms with E-state index in [1.807, 2.05) is 31.2 Å². The smallest absolute Gasteiger partial charge is 0.223 e. The molecule has 0 radical (unpaired) electrons. The first-order valence-electron chi connectivity index (χ1n) is 5.64. The van der Waals surface area contributed by atoms with Gasteiger partial charge in [0, 0.05) is 10.9 Å². The van der Waals surface area contributed by atoms with E-state index in [0.717, 1.165) is 12.0 Å². The Kier molecular flexibility index (Phi) is 3.20. The Morgan fingerprint density at radius 1 is 1.56 bits per heavy atom. The second kappa shape index (κ2) is 4.46. The minimum absolute atomic E-state index is 0.0269. The van der Waals surface area contributed by atoms with Crippen LogP contribution in [-0.4, -0.2) is 5.91 Å². The summed E-state index contributed by atoms with van der Waals surface area (Å²) in [7, 11) is 0. The molecule has 1 aliphatic carbocycles. The van der Waals surface area contributed by atoms with Crippen molar-refractivity contribution >= 4 is 17.5 Å². The van der Waals surface area contributed by atoms with E-state index in [1.165, 1.54) is 0 Å². The molecule has 0 bridgehead atoms. The molecule has 0 aromatic heterocycles. The molecule has 0 heterocycles. The topological polar surface area (TPSA) is 29.1 Å². The van der Waals surface area contributed by atoms with Gasteiger partial charge in [-0.15, -0.1) is 0 Å². The molecule has 86 valence electrons. The zero-order valence-electron chi connectivity index (χ0n) is 9.53. The van der Waals surface area contributed by atoms with E-state index in [2.05, 4.69) is 12.2 Å². The van der Waals surface area contributed by atoms with Crippen LogP contribution in [0.1, 0.15) is 31.9 Å². The maximum atomic E-state index is 11.7. The second-order valence-corrected chi connectivity index (χ2v) is 5.04. The third kappa shape index (κ3) is 2.56. The molecule has 3 unspecified atom stereocenters. The quantitative estimate of drug-likeness (QED) is 0.860. The predicted octanol–water partition coefficient (Wildman–Crippen LogP) is 3.17. The fraction of sp³-hybridized carbons (Fsp3) is 0.462. The molecule has 1 fully saturated rings. The molecule has 1 N–H and O–H groups in total. The predicted molar refractivity (Wildman–Crippen MR) is 65.3 cm³/mol. The lowest BCUT2D eigenvalue weighted by molar-refractivity contribution is -0.123. The van der Waals surface area contributed by atoms with Crippen LogP contribution in [0.5, 0.6) is 0 Å². The first-order valence-corrected chi connectivity index (χ1v) is 6.01. The SMILES string of the molecule is CC(NC(=O)C1CC1C)c1cccc(Cl)c1. The third-order valence-corrected chi connectivity index (χ3v) is 3.39. The van der Waals surface area contributed by atoms with Crippen molar-refractivity contribution in [2.24, 2.45) is 11.8 Å².